The van der Waals surface area contributed by atoms with E-state index in [-0.39, 0.29) is 6.04 Å². The van der Waals surface area contributed by atoms with E-state index in [2.05, 4.69) is 5.43 Å². The fraction of sp³-hybridized carbons (Fsp3) is 0.692. The molecule has 1 aromatic heterocycles. The number of rotatable bonds is 4. The van der Waals surface area contributed by atoms with E-state index in [1.54, 1.807) is 6.26 Å². The fourth-order valence-electron chi connectivity index (χ4n) is 2.69. The van der Waals surface area contributed by atoms with Crippen LogP contribution in [0.15, 0.2) is 22.8 Å². The van der Waals surface area contributed by atoms with Gasteiger partial charge in [-0.05, 0) is 24.5 Å². The minimum Gasteiger partial charge on any atom is -0.468 e. The smallest absolute Gasteiger partial charge is 0.122 e. The van der Waals surface area contributed by atoms with Gasteiger partial charge in [0.05, 0.1) is 12.3 Å². The van der Waals surface area contributed by atoms with Crippen LogP contribution in [0.25, 0.3) is 0 Å². The molecule has 1 heterocycles. The molecular weight excluding hydrogens is 200 g/mol. The second-order valence-electron chi connectivity index (χ2n) is 4.83. The Morgan fingerprint density at radius 3 is 2.62 bits per heavy atom. The Morgan fingerprint density at radius 2 is 2.06 bits per heavy atom. The maximum Gasteiger partial charge on any atom is 0.122 e. The van der Waals surface area contributed by atoms with Crippen molar-refractivity contribution in [2.24, 2.45) is 11.8 Å². The number of hydrogen-bond donors (Lipinski definition) is 2. The van der Waals surface area contributed by atoms with Crippen molar-refractivity contribution in [2.45, 2.75) is 51.0 Å². The van der Waals surface area contributed by atoms with E-state index in [1.165, 1.54) is 38.5 Å². The van der Waals surface area contributed by atoms with Crippen molar-refractivity contribution in [3.05, 3.63) is 24.2 Å². The van der Waals surface area contributed by atoms with E-state index in [0.717, 1.165) is 18.1 Å². The Kier molecular flexibility index (Phi) is 4.43. The van der Waals surface area contributed by atoms with Crippen molar-refractivity contribution in [3.8, 4) is 0 Å². The van der Waals surface area contributed by atoms with Gasteiger partial charge < -0.3 is 4.42 Å². The number of nitrogens with one attached hydrogen (secondary N) is 1. The van der Waals surface area contributed by atoms with E-state index in [9.17, 15) is 0 Å². The maximum absolute atomic E-state index is 5.61. The summed E-state index contributed by atoms with van der Waals surface area (Å²) in [6, 6.07) is 4.10. The van der Waals surface area contributed by atoms with Crippen LogP contribution in [0.2, 0.25) is 0 Å². The minimum atomic E-state index is 0.179. The largest absolute Gasteiger partial charge is 0.468 e. The van der Waals surface area contributed by atoms with Crippen LogP contribution in [-0.4, -0.2) is 0 Å². The number of furan rings is 1. The highest BCUT2D eigenvalue weighted by Crippen LogP contribution is 2.30. The molecule has 0 spiro atoms. The first-order chi connectivity index (χ1) is 7.90. The summed E-state index contributed by atoms with van der Waals surface area (Å²) in [6.07, 6.45) is 11.1. The Hall–Kier alpha value is -0.800. The quantitative estimate of drug-likeness (QED) is 0.467. The molecule has 3 heteroatoms. The molecule has 2 rings (SSSR count). The normalized spacial score (nSPS) is 20.6. The van der Waals surface area contributed by atoms with E-state index >= 15 is 0 Å². The molecule has 0 radical (unpaired) electrons. The van der Waals surface area contributed by atoms with Crippen molar-refractivity contribution in [1.82, 2.24) is 5.43 Å². The standard InChI is InChI=1S/C13H22N2O/c14-15-12(13-8-5-9-16-13)10-11-6-3-1-2-4-7-11/h5,8-9,11-12,15H,1-4,6-7,10,14H2. The first-order valence-electron chi connectivity index (χ1n) is 6.39. The van der Waals surface area contributed by atoms with Gasteiger partial charge in [0.1, 0.15) is 5.76 Å². The van der Waals surface area contributed by atoms with Gasteiger partial charge in [0.15, 0.2) is 0 Å². The molecule has 1 aromatic rings. The molecule has 1 atom stereocenters. The number of hydrogen-bond acceptors (Lipinski definition) is 3. The highest BCUT2D eigenvalue weighted by Gasteiger charge is 2.20. The highest BCUT2D eigenvalue weighted by molar-refractivity contribution is 5.04. The van der Waals surface area contributed by atoms with Gasteiger partial charge in [-0.1, -0.05) is 38.5 Å². The Balaban J connectivity index is 1.90. The molecule has 0 bridgehead atoms. The van der Waals surface area contributed by atoms with Gasteiger partial charge in [-0.3, -0.25) is 5.84 Å². The molecule has 16 heavy (non-hydrogen) atoms. The van der Waals surface area contributed by atoms with Gasteiger partial charge in [-0.2, -0.15) is 0 Å². The molecule has 1 aliphatic carbocycles. The van der Waals surface area contributed by atoms with Crippen LogP contribution >= 0.6 is 0 Å². The molecular formula is C13H22N2O. The lowest BCUT2D eigenvalue weighted by Gasteiger charge is -2.20. The van der Waals surface area contributed by atoms with Crippen LogP contribution in [-0.2, 0) is 0 Å². The molecule has 0 saturated heterocycles. The summed E-state index contributed by atoms with van der Waals surface area (Å²) >= 11 is 0. The summed E-state index contributed by atoms with van der Waals surface area (Å²) in [7, 11) is 0. The van der Waals surface area contributed by atoms with Crippen molar-refractivity contribution in [2.75, 3.05) is 0 Å². The average Bonchev–Trinajstić information content (AvgIpc) is 2.71. The van der Waals surface area contributed by atoms with Crippen molar-refractivity contribution in [1.29, 1.82) is 0 Å². The van der Waals surface area contributed by atoms with Gasteiger partial charge in [-0.25, -0.2) is 5.43 Å². The lowest BCUT2D eigenvalue weighted by molar-refractivity contribution is 0.322. The molecule has 0 amide bonds. The summed E-state index contributed by atoms with van der Waals surface area (Å²) in [5.74, 6) is 7.37. The van der Waals surface area contributed by atoms with Crippen molar-refractivity contribution in [3.63, 3.8) is 0 Å². The number of nitrogens with two attached hydrogens (primary N) is 1. The zero-order valence-electron chi connectivity index (χ0n) is 9.82. The van der Waals surface area contributed by atoms with Gasteiger partial charge in [0.25, 0.3) is 0 Å². The Bertz CT molecular complexity index is 276. The van der Waals surface area contributed by atoms with Gasteiger partial charge >= 0.3 is 0 Å². The van der Waals surface area contributed by atoms with Gasteiger partial charge in [-0.15, -0.1) is 0 Å². The van der Waals surface area contributed by atoms with E-state index in [1.807, 2.05) is 12.1 Å². The lowest BCUT2D eigenvalue weighted by atomic mass is 9.92. The zero-order chi connectivity index (χ0) is 11.2. The van der Waals surface area contributed by atoms with Crippen LogP contribution in [0, 0.1) is 5.92 Å². The molecule has 0 aromatic carbocycles. The average molecular weight is 222 g/mol. The SMILES string of the molecule is NNC(CC1CCCCCC1)c1ccco1. The molecule has 1 fully saturated rings. The van der Waals surface area contributed by atoms with E-state index < -0.39 is 0 Å². The fourth-order valence-corrected chi connectivity index (χ4v) is 2.69. The lowest BCUT2D eigenvalue weighted by Crippen LogP contribution is -2.29. The molecule has 3 N–H and O–H groups in total. The van der Waals surface area contributed by atoms with Gasteiger partial charge in [0, 0.05) is 0 Å². The van der Waals surface area contributed by atoms with E-state index in [4.69, 9.17) is 10.3 Å². The monoisotopic (exact) mass is 222 g/mol. The highest BCUT2D eigenvalue weighted by atomic mass is 16.3. The first kappa shape index (κ1) is 11.7. The molecule has 1 aliphatic rings. The van der Waals surface area contributed by atoms with Gasteiger partial charge in [0.2, 0.25) is 0 Å². The van der Waals surface area contributed by atoms with Crippen LogP contribution in [0.5, 0.6) is 0 Å². The summed E-state index contributed by atoms with van der Waals surface area (Å²) in [4.78, 5) is 0. The van der Waals surface area contributed by atoms with Crippen molar-refractivity contribution < 1.29 is 4.42 Å². The van der Waals surface area contributed by atoms with Crippen LogP contribution in [0.4, 0.5) is 0 Å². The molecule has 1 saturated carbocycles. The van der Waals surface area contributed by atoms with E-state index in [0.29, 0.717) is 0 Å². The third-order valence-electron chi connectivity index (χ3n) is 3.63. The maximum atomic E-state index is 5.61. The predicted molar refractivity (Wildman–Crippen MR) is 64.6 cm³/mol. The second-order valence-corrected chi connectivity index (χ2v) is 4.83. The minimum absolute atomic E-state index is 0.179. The van der Waals surface area contributed by atoms with Crippen LogP contribution in [0.1, 0.15) is 56.7 Å². The zero-order valence-corrected chi connectivity index (χ0v) is 9.82. The summed E-state index contributed by atoms with van der Waals surface area (Å²) in [5, 5.41) is 0. The van der Waals surface area contributed by atoms with Crippen molar-refractivity contribution >= 4 is 0 Å². The molecule has 1 unspecified atom stereocenters. The molecule has 90 valence electrons. The number of hydrazine groups is 1. The summed E-state index contributed by atoms with van der Waals surface area (Å²) < 4.78 is 5.42. The Labute approximate surface area is 97.4 Å². The second kappa shape index (κ2) is 6.06. The summed E-state index contributed by atoms with van der Waals surface area (Å²) in [6.45, 7) is 0. The van der Waals surface area contributed by atoms with Crippen LogP contribution in [0.3, 0.4) is 0 Å². The molecule has 0 aliphatic heterocycles. The Morgan fingerprint density at radius 1 is 1.31 bits per heavy atom. The topological polar surface area (TPSA) is 51.2 Å². The molecule has 3 nitrogen and oxygen atoms in total. The third-order valence-corrected chi connectivity index (χ3v) is 3.63. The van der Waals surface area contributed by atoms with Crippen LogP contribution < -0.4 is 11.3 Å². The summed E-state index contributed by atoms with van der Waals surface area (Å²) in [5.41, 5.74) is 2.88. The predicted octanol–water partition coefficient (Wildman–Crippen LogP) is 3.14. The third kappa shape index (κ3) is 3.09. The first-order valence-corrected chi connectivity index (χ1v) is 6.39.